The maximum atomic E-state index is 10.8. The van der Waals surface area contributed by atoms with E-state index in [0.717, 1.165) is 17.9 Å². The smallest absolute Gasteiger partial charge is 0.269 e. The summed E-state index contributed by atoms with van der Waals surface area (Å²) < 4.78 is 0. The van der Waals surface area contributed by atoms with Crippen LogP contribution in [0.5, 0.6) is 0 Å². The highest BCUT2D eigenvalue weighted by molar-refractivity contribution is 5.36. The van der Waals surface area contributed by atoms with E-state index in [1.165, 1.54) is 12.8 Å². The van der Waals surface area contributed by atoms with Crippen LogP contribution in [-0.4, -0.2) is 11.0 Å². The Morgan fingerprint density at radius 3 is 2.83 bits per heavy atom. The lowest BCUT2D eigenvalue weighted by molar-refractivity contribution is -0.384. The van der Waals surface area contributed by atoms with Crippen LogP contribution in [0.15, 0.2) is 24.3 Å². The van der Waals surface area contributed by atoms with Crippen LogP contribution in [0.1, 0.15) is 44.7 Å². The van der Waals surface area contributed by atoms with Crippen molar-refractivity contribution in [3.63, 3.8) is 0 Å². The standard InChI is InChI=1S/C14H20N2O2/c1-3-10-9-14(10)15-13(4-2)11-6-5-7-12(8-11)16(17)18/h5-8,10,13-15H,3-4,9H2,1-2H3. The van der Waals surface area contributed by atoms with Crippen molar-refractivity contribution >= 4 is 5.69 Å². The van der Waals surface area contributed by atoms with Crippen LogP contribution in [0.25, 0.3) is 0 Å². The van der Waals surface area contributed by atoms with Crippen molar-refractivity contribution in [2.75, 3.05) is 0 Å². The molecule has 1 fully saturated rings. The first-order valence-corrected chi connectivity index (χ1v) is 6.66. The van der Waals surface area contributed by atoms with Gasteiger partial charge in [0, 0.05) is 24.2 Å². The van der Waals surface area contributed by atoms with Gasteiger partial charge < -0.3 is 5.32 Å². The zero-order valence-electron chi connectivity index (χ0n) is 10.9. The van der Waals surface area contributed by atoms with Gasteiger partial charge in [-0.15, -0.1) is 0 Å². The zero-order valence-corrected chi connectivity index (χ0v) is 10.9. The van der Waals surface area contributed by atoms with Crippen LogP contribution in [0.4, 0.5) is 5.69 Å². The highest BCUT2D eigenvalue weighted by Crippen LogP contribution is 2.36. The van der Waals surface area contributed by atoms with Gasteiger partial charge in [0.05, 0.1) is 4.92 Å². The van der Waals surface area contributed by atoms with Gasteiger partial charge in [-0.1, -0.05) is 32.4 Å². The normalized spacial score (nSPS) is 23.7. The summed E-state index contributed by atoms with van der Waals surface area (Å²) in [5.41, 5.74) is 1.20. The molecule has 1 aliphatic carbocycles. The van der Waals surface area contributed by atoms with Gasteiger partial charge in [0.2, 0.25) is 0 Å². The number of nitrogens with zero attached hydrogens (tertiary/aromatic N) is 1. The summed E-state index contributed by atoms with van der Waals surface area (Å²) in [5.74, 6) is 0.790. The number of non-ortho nitro benzene ring substituents is 1. The molecule has 1 aliphatic rings. The van der Waals surface area contributed by atoms with Gasteiger partial charge in [-0.2, -0.15) is 0 Å². The van der Waals surface area contributed by atoms with Gasteiger partial charge >= 0.3 is 0 Å². The number of nitro groups is 1. The lowest BCUT2D eigenvalue weighted by Gasteiger charge is -2.17. The SMILES string of the molecule is CCC(NC1CC1CC)c1cccc([N+](=O)[O-])c1. The fourth-order valence-corrected chi connectivity index (χ4v) is 2.47. The molecule has 18 heavy (non-hydrogen) atoms. The summed E-state index contributed by atoms with van der Waals surface area (Å²) in [6.07, 6.45) is 3.40. The Hall–Kier alpha value is -1.42. The summed E-state index contributed by atoms with van der Waals surface area (Å²) in [4.78, 5) is 10.5. The van der Waals surface area contributed by atoms with E-state index < -0.39 is 0 Å². The maximum absolute atomic E-state index is 10.8. The summed E-state index contributed by atoms with van der Waals surface area (Å²) in [6, 6.07) is 7.79. The second-order valence-electron chi connectivity index (χ2n) is 4.99. The Bertz CT molecular complexity index is 434. The fourth-order valence-electron chi connectivity index (χ4n) is 2.47. The molecule has 4 nitrogen and oxygen atoms in total. The highest BCUT2D eigenvalue weighted by atomic mass is 16.6. The predicted molar refractivity (Wildman–Crippen MR) is 71.5 cm³/mol. The average Bonchev–Trinajstić information content (AvgIpc) is 3.14. The number of benzene rings is 1. The molecule has 0 spiro atoms. The van der Waals surface area contributed by atoms with E-state index in [1.54, 1.807) is 18.2 Å². The quantitative estimate of drug-likeness (QED) is 0.619. The molecular formula is C14H20N2O2. The van der Waals surface area contributed by atoms with E-state index in [2.05, 4.69) is 19.2 Å². The molecule has 1 saturated carbocycles. The molecule has 0 aromatic heterocycles. The van der Waals surface area contributed by atoms with E-state index in [-0.39, 0.29) is 16.7 Å². The minimum Gasteiger partial charge on any atom is -0.307 e. The Labute approximate surface area is 108 Å². The lowest BCUT2D eigenvalue weighted by atomic mass is 10.0. The van der Waals surface area contributed by atoms with Gasteiger partial charge in [-0.05, 0) is 24.3 Å². The molecule has 0 saturated heterocycles. The van der Waals surface area contributed by atoms with Crippen molar-refractivity contribution in [3.05, 3.63) is 39.9 Å². The minimum atomic E-state index is -0.331. The third-order valence-corrected chi connectivity index (χ3v) is 3.75. The summed E-state index contributed by atoms with van der Waals surface area (Å²) in [6.45, 7) is 4.32. The molecule has 0 radical (unpaired) electrons. The van der Waals surface area contributed by atoms with Crippen molar-refractivity contribution in [2.24, 2.45) is 5.92 Å². The van der Waals surface area contributed by atoms with E-state index in [9.17, 15) is 10.1 Å². The van der Waals surface area contributed by atoms with E-state index in [4.69, 9.17) is 0 Å². The zero-order chi connectivity index (χ0) is 13.1. The molecule has 3 atom stereocenters. The Morgan fingerprint density at radius 2 is 2.28 bits per heavy atom. The van der Waals surface area contributed by atoms with Gasteiger partial charge in [0.25, 0.3) is 5.69 Å². The molecule has 0 bridgehead atoms. The molecule has 3 unspecified atom stereocenters. The van der Waals surface area contributed by atoms with Crippen molar-refractivity contribution < 1.29 is 4.92 Å². The van der Waals surface area contributed by atoms with Crippen molar-refractivity contribution in [1.82, 2.24) is 5.32 Å². The molecule has 1 N–H and O–H groups in total. The monoisotopic (exact) mass is 248 g/mol. The number of hydrogen-bond acceptors (Lipinski definition) is 3. The second-order valence-corrected chi connectivity index (χ2v) is 4.99. The summed E-state index contributed by atoms with van der Waals surface area (Å²) in [5, 5.41) is 14.4. The van der Waals surface area contributed by atoms with Crippen molar-refractivity contribution in [2.45, 2.75) is 45.2 Å². The van der Waals surface area contributed by atoms with E-state index in [0.29, 0.717) is 6.04 Å². The molecule has 98 valence electrons. The molecule has 0 heterocycles. The first-order chi connectivity index (χ1) is 8.65. The third-order valence-electron chi connectivity index (χ3n) is 3.75. The Kier molecular flexibility index (Phi) is 3.97. The van der Waals surface area contributed by atoms with E-state index in [1.807, 2.05) is 6.07 Å². The molecule has 1 aromatic carbocycles. The number of nitrogens with one attached hydrogen (secondary N) is 1. The molecule has 2 rings (SSSR count). The van der Waals surface area contributed by atoms with Gasteiger partial charge in [-0.3, -0.25) is 10.1 Å². The Balaban J connectivity index is 2.07. The molecule has 4 heteroatoms. The number of hydrogen-bond donors (Lipinski definition) is 1. The first-order valence-electron chi connectivity index (χ1n) is 6.66. The second kappa shape index (κ2) is 5.48. The number of nitro benzene ring substituents is 1. The van der Waals surface area contributed by atoms with Crippen LogP contribution < -0.4 is 5.32 Å². The number of rotatable bonds is 6. The largest absolute Gasteiger partial charge is 0.307 e. The molecular weight excluding hydrogens is 228 g/mol. The summed E-state index contributed by atoms with van der Waals surface area (Å²) >= 11 is 0. The molecule has 0 aliphatic heterocycles. The minimum absolute atomic E-state index is 0.176. The topological polar surface area (TPSA) is 55.2 Å². The van der Waals surface area contributed by atoms with Gasteiger partial charge in [0.15, 0.2) is 0 Å². The van der Waals surface area contributed by atoms with Crippen molar-refractivity contribution in [3.8, 4) is 0 Å². The first kappa shape index (κ1) is 13.0. The highest BCUT2D eigenvalue weighted by Gasteiger charge is 2.36. The van der Waals surface area contributed by atoms with E-state index >= 15 is 0 Å². The van der Waals surface area contributed by atoms with Gasteiger partial charge in [-0.25, -0.2) is 0 Å². The lowest BCUT2D eigenvalue weighted by Crippen LogP contribution is -2.24. The fraction of sp³-hybridized carbons (Fsp3) is 0.571. The van der Waals surface area contributed by atoms with Crippen LogP contribution in [0.3, 0.4) is 0 Å². The van der Waals surface area contributed by atoms with Gasteiger partial charge in [0.1, 0.15) is 0 Å². The van der Waals surface area contributed by atoms with Crippen LogP contribution in [0.2, 0.25) is 0 Å². The van der Waals surface area contributed by atoms with Crippen LogP contribution >= 0.6 is 0 Å². The van der Waals surface area contributed by atoms with Crippen LogP contribution in [-0.2, 0) is 0 Å². The molecule has 1 aromatic rings. The van der Waals surface area contributed by atoms with Crippen LogP contribution in [0, 0.1) is 16.0 Å². The maximum Gasteiger partial charge on any atom is 0.269 e. The third kappa shape index (κ3) is 2.88. The predicted octanol–water partition coefficient (Wildman–Crippen LogP) is 3.43. The van der Waals surface area contributed by atoms with Crippen molar-refractivity contribution in [1.29, 1.82) is 0 Å². The average molecular weight is 248 g/mol. The Morgan fingerprint density at radius 1 is 1.50 bits per heavy atom. The molecule has 0 amide bonds. The summed E-state index contributed by atoms with van der Waals surface area (Å²) in [7, 11) is 0.